The fourth-order valence-corrected chi connectivity index (χ4v) is 2.05. The van der Waals surface area contributed by atoms with Gasteiger partial charge >= 0.3 is 0 Å². The summed E-state index contributed by atoms with van der Waals surface area (Å²) in [5.41, 5.74) is 6.68. The summed E-state index contributed by atoms with van der Waals surface area (Å²) in [6.07, 6.45) is 0. The Kier molecular flexibility index (Phi) is 7.93. The summed E-state index contributed by atoms with van der Waals surface area (Å²) in [6.45, 7) is 6.98. The van der Waals surface area contributed by atoms with Gasteiger partial charge in [-0.25, -0.2) is 4.98 Å². The molecule has 5 heteroatoms. The first-order chi connectivity index (χ1) is 5.15. The average Bonchev–Trinajstić information content (AvgIpc) is 2.30. The molecular weight excluding hydrogens is 227 g/mol. The summed E-state index contributed by atoms with van der Waals surface area (Å²) in [7, 11) is 0. The van der Waals surface area contributed by atoms with Gasteiger partial charge < -0.3 is 5.73 Å². The van der Waals surface area contributed by atoms with Crippen molar-refractivity contribution in [1.82, 2.24) is 4.98 Å². The minimum atomic E-state index is 0. The van der Waals surface area contributed by atoms with Crippen LogP contribution in [0.25, 0.3) is 0 Å². The molecule has 0 aromatic carbocycles. The second-order valence-electron chi connectivity index (χ2n) is 2.91. The number of aromatic nitrogens is 1. The number of hydrogen-bond acceptors (Lipinski definition) is 3. The molecule has 1 rings (SSSR count). The van der Waals surface area contributed by atoms with Crippen LogP contribution in [0.4, 0.5) is 0 Å². The molecule has 2 N–H and O–H groups in total. The molecule has 0 aliphatic rings. The van der Waals surface area contributed by atoms with Crippen molar-refractivity contribution >= 4 is 36.2 Å². The highest BCUT2D eigenvalue weighted by molar-refractivity contribution is 7.11. The highest BCUT2D eigenvalue weighted by atomic mass is 35.5. The summed E-state index contributed by atoms with van der Waals surface area (Å²) >= 11 is 1.71. The minimum absolute atomic E-state index is 0. The molecule has 0 saturated heterocycles. The number of aryl methyl sites for hydroxylation is 1. The van der Waals surface area contributed by atoms with Crippen LogP contribution in [0.5, 0.6) is 0 Å². The lowest BCUT2D eigenvalue weighted by atomic mass is 10.1. The van der Waals surface area contributed by atoms with Crippen molar-refractivity contribution in [2.75, 3.05) is 0 Å². The van der Waals surface area contributed by atoms with Crippen molar-refractivity contribution in [3.63, 3.8) is 0 Å². The largest absolute Gasteiger partial charge is 0.325 e. The molecule has 0 aliphatic carbocycles. The summed E-state index contributed by atoms with van der Waals surface area (Å²) in [4.78, 5) is 5.73. The van der Waals surface area contributed by atoms with Gasteiger partial charge in [0.05, 0.1) is 5.69 Å². The number of rotatable bonds is 2. The van der Waals surface area contributed by atoms with Crippen LogP contribution in [0.2, 0.25) is 0 Å². The molecule has 0 bridgehead atoms. The van der Waals surface area contributed by atoms with E-state index in [2.05, 4.69) is 25.8 Å². The first-order valence-corrected chi connectivity index (χ1v) is 4.63. The maximum atomic E-state index is 5.48. The Labute approximate surface area is 95.8 Å². The molecule has 0 spiro atoms. The lowest BCUT2D eigenvalue weighted by Gasteiger charge is -1.99. The molecule has 0 atom stereocenters. The molecule has 1 aromatic rings. The van der Waals surface area contributed by atoms with Gasteiger partial charge in [-0.1, -0.05) is 13.8 Å². The van der Waals surface area contributed by atoms with Crippen LogP contribution in [-0.4, -0.2) is 4.98 Å². The van der Waals surface area contributed by atoms with E-state index in [1.165, 1.54) is 10.6 Å². The molecule has 13 heavy (non-hydrogen) atoms. The van der Waals surface area contributed by atoms with E-state index in [9.17, 15) is 0 Å². The summed E-state index contributed by atoms with van der Waals surface area (Å²) < 4.78 is 0. The van der Waals surface area contributed by atoms with Crippen molar-refractivity contribution in [1.29, 1.82) is 0 Å². The van der Waals surface area contributed by atoms with Crippen molar-refractivity contribution in [2.24, 2.45) is 5.73 Å². The molecule has 0 aliphatic heterocycles. The molecule has 78 valence electrons. The SMILES string of the molecule is Cc1sc(CN)nc1C(C)C.Cl.Cl. The summed E-state index contributed by atoms with van der Waals surface area (Å²) in [5.74, 6) is 0.520. The molecular formula is C8H16Cl2N2S. The lowest BCUT2D eigenvalue weighted by Crippen LogP contribution is -1.96. The molecule has 0 unspecified atom stereocenters. The molecule has 0 saturated carbocycles. The van der Waals surface area contributed by atoms with Crippen LogP contribution in [0, 0.1) is 6.92 Å². The fourth-order valence-electron chi connectivity index (χ4n) is 1.09. The van der Waals surface area contributed by atoms with Gasteiger partial charge in [-0.15, -0.1) is 36.2 Å². The fraction of sp³-hybridized carbons (Fsp3) is 0.625. The predicted octanol–water partition coefficient (Wildman–Crippen LogP) is 2.88. The number of hydrogen-bond donors (Lipinski definition) is 1. The zero-order valence-corrected chi connectivity index (χ0v) is 10.5. The van der Waals surface area contributed by atoms with Gasteiger partial charge in [-0.2, -0.15) is 0 Å². The number of thiazole rings is 1. The Morgan fingerprint density at radius 3 is 2.15 bits per heavy atom. The average molecular weight is 243 g/mol. The normalized spacial score (nSPS) is 9.31. The van der Waals surface area contributed by atoms with Crippen LogP contribution in [-0.2, 0) is 6.54 Å². The molecule has 0 radical (unpaired) electrons. The molecule has 1 heterocycles. The monoisotopic (exact) mass is 242 g/mol. The third-order valence-corrected chi connectivity index (χ3v) is 2.61. The van der Waals surface area contributed by atoms with E-state index < -0.39 is 0 Å². The van der Waals surface area contributed by atoms with Crippen molar-refractivity contribution in [3.05, 3.63) is 15.6 Å². The van der Waals surface area contributed by atoms with E-state index in [0.717, 1.165) is 5.01 Å². The lowest BCUT2D eigenvalue weighted by molar-refractivity contribution is 0.814. The van der Waals surface area contributed by atoms with Gasteiger partial charge in [0.25, 0.3) is 0 Å². The van der Waals surface area contributed by atoms with E-state index in [0.29, 0.717) is 12.5 Å². The van der Waals surface area contributed by atoms with E-state index in [1.54, 1.807) is 11.3 Å². The Hall–Kier alpha value is 0.170. The topological polar surface area (TPSA) is 38.9 Å². The van der Waals surface area contributed by atoms with Gasteiger partial charge in [0.2, 0.25) is 0 Å². The summed E-state index contributed by atoms with van der Waals surface area (Å²) in [6, 6.07) is 0. The summed E-state index contributed by atoms with van der Waals surface area (Å²) in [5, 5.41) is 1.05. The van der Waals surface area contributed by atoms with Crippen LogP contribution >= 0.6 is 36.2 Å². The van der Waals surface area contributed by atoms with Crippen LogP contribution in [0.3, 0.4) is 0 Å². The number of nitrogens with two attached hydrogens (primary N) is 1. The second kappa shape index (κ2) is 6.60. The van der Waals surface area contributed by atoms with E-state index in [4.69, 9.17) is 5.73 Å². The van der Waals surface area contributed by atoms with Gasteiger partial charge in [-0.05, 0) is 12.8 Å². The Bertz CT molecular complexity index is 248. The maximum Gasteiger partial charge on any atom is 0.107 e. The van der Waals surface area contributed by atoms with E-state index >= 15 is 0 Å². The predicted molar refractivity (Wildman–Crippen MR) is 63.3 cm³/mol. The molecule has 0 fully saturated rings. The van der Waals surface area contributed by atoms with Gasteiger partial charge in [0.15, 0.2) is 0 Å². The third kappa shape index (κ3) is 3.81. The number of nitrogens with zero attached hydrogens (tertiary/aromatic N) is 1. The van der Waals surface area contributed by atoms with Gasteiger partial charge in [0, 0.05) is 11.4 Å². The molecule has 2 nitrogen and oxygen atoms in total. The first kappa shape index (κ1) is 15.6. The van der Waals surface area contributed by atoms with Gasteiger partial charge in [-0.3, -0.25) is 0 Å². The maximum absolute atomic E-state index is 5.48. The van der Waals surface area contributed by atoms with Crippen LogP contribution in [0.1, 0.15) is 35.3 Å². The van der Waals surface area contributed by atoms with Crippen LogP contribution in [0.15, 0.2) is 0 Å². The highest BCUT2D eigenvalue weighted by Gasteiger charge is 2.08. The smallest absolute Gasteiger partial charge is 0.107 e. The van der Waals surface area contributed by atoms with Gasteiger partial charge in [0.1, 0.15) is 5.01 Å². The Morgan fingerprint density at radius 1 is 1.38 bits per heavy atom. The van der Waals surface area contributed by atoms with Crippen LogP contribution < -0.4 is 5.73 Å². The molecule has 1 aromatic heterocycles. The van der Waals surface area contributed by atoms with Crippen molar-refractivity contribution < 1.29 is 0 Å². The number of halogens is 2. The highest BCUT2D eigenvalue weighted by Crippen LogP contribution is 2.23. The van der Waals surface area contributed by atoms with E-state index in [-0.39, 0.29) is 24.8 Å². The Balaban J connectivity index is 0. The van der Waals surface area contributed by atoms with Crippen molar-refractivity contribution in [3.8, 4) is 0 Å². The zero-order chi connectivity index (χ0) is 8.43. The zero-order valence-electron chi connectivity index (χ0n) is 8.03. The second-order valence-corrected chi connectivity index (χ2v) is 4.20. The van der Waals surface area contributed by atoms with E-state index in [1.807, 2.05) is 0 Å². The Morgan fingerprint density at radius 2 is 1.92 bits per heavy atom. The quantitative estimate of drug-likeness (QED) is 0.867. The minimum Gasteiger partial charge on any atom is -0.325 e. The third-order valence-electron chi connectivity index (χ3n) is 1.60. The molecule has 0 amide bonds. The first-order valence-electron chi connectivity index (χ1n) is 3.81. The standard InChI is InChI=1S/C8H14N2S.2ClH/c1-5(2)8-6(3)11-7(4-9)10-8;;/h5H,4,9H2,1-3H3;2*1H. The van der Waals surface area contributed by atoms with Crippen molar-refractivity contribution in [2.45, 2.75) is 33.2 Å².